The lowest BCUT2D eigenvalue weighted by atomic mass is 10.2. The monoisotopic (exact) mass is 259 g/mol. The molecule has 3 aromatic rings. The van der Waals surface area contributed by atoms with Gasteiger partial charge in [-0.15, -0.1) is 0 Å². The average Bonchev–Trinajstić information content (AvgIpc) is 2.76. The highest BCUT2D eigenvalue weighted by atomic mass is 35.5. The molecule has 3 rings (SSSR count). The number of aromatic amines is 1. The maximum Gasteiger partial charge on any atom is 0.265 e. The zero-order chi connectivity index (χ0) is 12.7. The molecule has 4 nitrogen and oxygen atoms in total. The van der Waals surface area contributed by atoms with E-state index in [0.29, 0.717) is 16.2 Å². The molecule has 0 unspecified atom stereocenters. The molecule has 5 heteroatoms. The first-order chi connectivity index (χ1) is 8.68. The third kappa shape index (κ3) is 1.54. The number of hydrogen-bond acceptors (Lipinski definition) is 2. The molecule has 0 bridgehead atoms. The van der Waals surface area contributed by atoms with Crippen LogP contribution in [0.25, 0.3) is 16.6 Å². The van der Waals surface area contributed by atoms with Crippen molar-refractivity contribution in [3.63, 3.8) is 0 Å². The topological polar surface area (TPSA) is 50.7 Å². The Bertz CT molecular complexity index is 788. The highest BCUT2D eigenvalue weighted by Crippen LogP contribution is 2.20. The molecule has 0 saturated carbocycles. The predicted octanol–water partition coefficient (Wildman–Crippen LogP) is 2.68. The standard InChI is InChI=1S/C13H10ClN3O/c1-8-7-15-16-12(8)17-6-5-9-3-2-4-10(14)11(9)13(17)18/h2-7H,1H3,(H,15,16). The molecule has 1 aromatic carbocycles. The molecule has 18 heavy (non-hydrogen) atoms. The van der Waals surface area contributed by atoms with Gasteiger partial charge in [-0.1, -0.05) is 23.7 Å². The summed E-state index contributed by atoms with van der Waals surface area (Å²) in [6, 6.07) is 7.28. The molecule has 0 spiro atoms. The summed E-state index contributed by atoms with van der Waals surface area (Å²) < 4.78 is 1.52. The lowest BCUT2D eigenvalue weighted by Gasteiger charge is -2.06. The summed E-state index contributed by atoms with van der Waals surface area (Å²) in [5.41, 5.74) is 0.758. The number of H-pyrrole nitrogens is 1. The number of aromatic nitrogens is 3. The maximum absolute atomic E-state index is 12.4. The van der Waals surface area contributed by atoms with Crippen molar-refractivity contribution >= 4 is 22.4 Å². The zero-order valence-corrected chi connectivity index (χ0v) is 10.4. The number of rotatable bonds is 1. The Morgan fingerprint density at radius 3 is 2.89 bits per heavy atom. The SMILES string of the molecule is Cc1cn[nH]c1-n1ccc2cccc(Cl)c2c1=O. The van der Waals surface area contributed by atoms with Crippen LogP contribution in [0.15, 0.2) is 41.5 Å². The fraction of sp³-hybridized carbons (Fsp3) is 0.0769. The number of halogens is 1. The van der Waals surface area contributed by atoms with E-state index in [1.807, 2.05) is 25.1 Å². The minimum atomic E-state index is -0.148. The number of benzene rings is 1. The molecule has 0 aliphatic carbocycles. The first kappa shape index (κ1) is 11.0. The number of aryl methyl sites for hydroxylation is 1. The van der Waals surface area contributed by atoms with E-state index in [1.165, 1.54) is 4.57 Å². The van der Waals surface area contributed by atoms with Gasteiger partial charge in [-0.05, 0) is 24.4 Å². The predicted molar refractivity (Wildman–Crippen MR) is 71.4 cm³/mol. The highest BCUT2D eigenvalue weighted by Gasteiger charge is 2.10. The van der Waals surface area contributed by atoms with E-state index >= 15 is 0 Å². The summed E-state index contributed by atoms with van der Waals surface area (Å²) in [6.07, 6.45) is 3.40. The van der Waals surface area contributed by atoms with Gasteiger partial charge in [0.1, 0.15) is 5.82 Å². The molecule has 0 fully saturated rings. The quantitative estimate of drug-likeness (QED) is 0.730. The minimum absolute atomic E-state index is 0.148. The van der Waals surface area contributed by atoms with Crippen LogP contribution in [0.5, 0.6) is 0 Å². The molecule has 0 saturated heterocycles. The average molecular weight is 260 g/mol. The van der Waals surface area contributed by atoms with Crippen molar-refractivity contribution in [2.24, 2.45) is 0 Å². The van der Waals surface area contributed by atoms with Gasteiger partial charge in [-0.2, -0.15) is 5.10 Å². The number of fused-ring (bicyclic) bond motifs is 1. The van der Waals surface area contributed by atoms with E-state index in [2.05, 4.69) is 10.2 Å². The lowest BCUT2D eigenvalue weighted by molar-refractivity contribution is 0.922. The maximum atomic E-state index is 12.4. The summed E-state index contributed by atoms with van der Waals surface area (Å²) in [7, 11) is 0. The van der Waals surface area contributed by atoms with Crippen molar-refractivity contribution in [2.75, 3.05) is 0 Å². The molecule has 90 valence electrons. The van der Waals surface area contributed by atoms with Crippen LogP contribution in [-0.2, 0) is 0 Å². The van der Waals surface area contributed by atoms with Crippen LogP contribution in [-0.4, -0.2) is 14.8 Å². The molecular formula is C13H10ClN3O. The largest absolute Gasteiger partial charge is 0.268 e. The second kappa shape index (κ2) is 3.99. The first-order valence-corrected chi connectivity index (χ1v) is 5.86. The summed E-state index contributed by atoms with van der Waals surface area (Å²) in [5, 5.41) is 8.56. The smallest absolute Gasteiger partial charge is 0.265 e. The fourth-order valence-electron chi connectivity index (χ4n) is 2.01. The summed E-state index contributed by atoms with van der Waals surface area (Å²) in [5.74, 6) is 0.668. The Morgan fingerprint density at radius 2 is 2.17 bits per heavy atom. The van der Waals surface area contributed by atoms with E-state index in [-0.39, 0.29) is 5.56 Å². The minimum Gasteiger partial charge on any atom is -0.268 e. The number of pyridine rings is 1. The van der Waals surface area contributed by atoms with Crippen molar-refractivity contribution in [1.82, 2.24) is 14.8 Å². The van der Waals surface area contributed by atoms with Gasteiger partial charge in [0.05, 0.1) is 16.6 Å². The van der Waals surface area contributed by atoms with Crippen LogP contribution in [0.1, 0.15) is 5.56 Å². The van der Waals surface area contributed by atoms with E-state index in [0.717, 1.165) is 10.9 Å². The molecule has 2 heterocycles. The Balaban J connectivity index is 2.41. The Kier molecular flexibility index (Phi) is 2.45. The van der Waals surface area contributed by atoms with Crippen molar-refractivity contribution in [3.05, 3.63) is 57.6 Å². The Hall–Kier alpha value is -2.07. The van der Waals surface area contributed by atoms with E-state index < -0.39 is 0 Å². The van der Waals surface area contributed by atoms with Gasteiger partial charge in [0.15, 0.2) is 0 Å². The highest BCUT2D eigenvalue weighted by molar-refractivity contribution is 6.35. The van der Waals surface area contributed by atoms with Crippen molar-refractivity contribution in [1.29, 1.82) is 0 Å². The van der Waals surface area contributed by atoms with Crippen LogP contribution in [0.2, 0.25) is 5.02 Å². The lowest BCUT2D eigenvalue weighted by Crippen LogP contribution is -2.18. The van der Waals surface area contributed by atoms with Crippen molar-refractivity contribution < 1.29 is 0 Å². The van der Waals surface area contributed by atoms with Crippen molar-refractivity contribution in [2.45, 2.75) is 6.92 Å². The molecule has 0 amide bonds. The molecule has 0 atom stereocenters. The Labute approximate surface area is 108 Å². The van der Waals surface area contributed by atoms with Crippen molar-refractivity contribution in [3.8, 4) is 5.82 Å². The van der Waals surface area contributed by atoms with Crippen LogP contribution in [0.4, 0.5) is 0 Å². The van der Waals surface area contributed by atoms with Gasteiger partial charge in [0.25, 0.3) is 5.56 Å². The summed E-state index contributed by atoms with van der Waals surface area (Å²) >= 11 is 6.10. The number of nitrogens with one attached hydrogen (secondary N) is 1. The van der Waals surface area contributed by atoms with Gasteiger partial charge in [-0.25, -0.2) is 0 Å². The molecule has 2 aromatic heterocycles. The molecule has 0 aliphatic heterocycles. The normalized spacial score (nSPS) is 11.0. The molecule has 0 radical (unpaired) electrons. The number of hydrogen-bond donors (Lipinski definition) is 1. The van der Waals surface area contributed by atoms with Crippen LogP contribution >= 0.6 is 11.6 Å². The Morgan fingerprint density at radius 1 is 1.33 bits per heavy atom. The molecule has 1 N–H and O–H groups in total. The van der Waals surface area contributed by atoms with Gasteiger partial charge < -0.3 is 0 Å². The summed E-state index contributed by atoms with van der Waals surface area (Å²) in [6.45, 7) is 1.89. The molecular weight excluding hydrogens is 250 g/mol. The van der Waals surface area contributed by atoms with Gasteiger partial charge in [-0.3, -0.25) is 14.5 Å². The van der Waals surface area contributed by atoms with E-state index in [1.54, 1.807) is 18.5 Å². The fourth-order valence-corrected chi connectivity index (χ4v) is 2.27. The van der Waals surface area contributed by atoms with Crippen LogP contribution < -0.4 is 5.56 Å². The second-order valence-corrected chi connectivity index (χ2v) is 4.50. The zero-order valence-electron chi connectivity index (χ0n) is 9.64. The van der Waals surface area contributed by atoms with Gasteiger partial charge in [0, 0.05) is 11.8 Å². The first-order valence-electron chi connectivity index (χ1n) is 5.49. The third-order valence-electron chi connectivity index (χ3n) is 2.92. The van der Waals surface area contributed by atoms with Crippen LogP contribution in [0.3, 0.4) is 0 Å². The molecule has 0 aliphatic rings. The van der Waals surface area contributed by atoms with Gasteiger partial charge >= 0.3 is 0 Å². The van der Waals surface area contributed by atoms with E-state index in [4.69, 9.17) is 11.6 Å². The van der Waals surface area contributed by atoms with Crippen LogP contribution in [0, 0.1) is 6.92 Å². The number of nitrogens with zero attached hydrogens (tertiary/aromatic N) is 2. The summed E-state index contributed by atoms with van der Waals surface area (Å²) in [4.78, 5) is 12.4. The van der Waals surface area contributed by atoms with Gasteiger partial charge in [0.2, 0.25) is 0 Å². The third-order valence-corrected chi connectivity index (χ3v) is 3.24. The second-order valence-electron chi connectivity index (χ2n) is 4.10. The van der Waals surface area contributed by atoms with E-state index in [9.17, 15) is 4.79 Å².